The molecule has 2 aromatic rings. The van der Waals surface area contributed by atoms with Crippen LogP contribution in [0.25, 0.3) is 0 Å². The number of hydrogen-bond acceptors (Lipinski definition) is 5. The predicted molar refractivity (Wildman–Crippen MR) is 105 cm³/mol. The van der Waals surface area contributed by atoms with Crippen molar-refractivity contribution in [3.63, 3.8) is 0 Å². The lowest BCUT2D eigenvalue weighted by Gasteiger charge is -2.15. The molecule has 1 unspecified atom stereocenters. The van der Waals surface area contributed by atoms with Gasteiger partial charge in [0.2, 0.25) is 5.91 Å². The first-order valence-electron chi connectivity index (χ1n) is 9.06. The Morgan fingerprint density at radius 1 is 1.31 bits per heavy atom. The number of aliphatic hydroxyl groups is 1. The number of benzene rings is 1. The highest BCUT2D eigenvalue weighted by Gasteiger charge is 2.33. The summed E-state index contributed by atoms with van der Waals surface area (Å²) in [6, 6.07) is 3.77. The zero-order valence-corrected chi connectivity index (χ0v) is 17.0. The van der Waals surface area contributed by atoms with Gasteiger partial charge in [-0.3, -0.25) is 14.3 Å². The van der Waals surface area contributed by atoms with Gasteiger partial charge in [0.25, 0.3) is 0 Å². The SMILES string of the molecule is Cc1nn(CCNCCO)c(C)c1C(C(=O)O)C(=O)NCc1ccc(F)cc1Cl. The fourth-order valence-corrected chi connectivity index (χ4v) is 3.29. The summed E-state index contributed by atoms with van der Waals surface area (Å²) in [5.74, 6) is -3.94. The third-order valence-electron chi connectivity index (χ3n) is 4.49. The zero-order chi connectivity index (χ0) is 21.6. The molecule has 0 aliphatic heterocycles. The molecule has 0 radical (unpaired) electrons. The molecule has 1 aromatic heterocycles. The first-order valence-corrected chi connectivity index (χ1v) is 9.44. The van der Waals surface area contributed by atoms with E-state index in [2.05, 4.69) is 15.7 Å². The number of rotatable bonds is 10. The van der Waals surface area contributed by atoms with Crippen molar-refractivity contribution in [2.24, 2.45) is 0 Å². The molecule has 2 rings (SSSR count). The van der Waals surface area contributed by atoms with E-state index in [0.29, 0.717) is 42.1 Å². The molecule has 0 saturated carbocycles. The lowest BCUT2D eigenvalue weighted by molar-refractivity contribution is -0.143. The van der Waals surface area contributed by atoms with E-state index in [9.17, 15) is 19.1 Å². The molecule has 8 nitrogen and oxygen atoms in total. The number of aromatic nitrogens is 2. The third-order valence-corrected chi connectivity index (χ3v) is 4.84. The zero-order valence-electron chi connectivity index (χ0n) is 16.2. The van der Waals surface area contributed by atoms with Crippen molar-refractivity contribution in [2.75, 3.05) is 19.7 Å². The molecule has 0 bridgehead atoms. The van der Waals surface area contributed by atoms with E-state index in [1.54, 1.807) is 18.5 Å². The Hall–Kier alpha value is -2.49. The molecule has 0 saturated heterocycles. The molecule has 29 heavy (non-hydrogen) atoms. The first-order chi connectivity index (χ1) is 13.8. The van der Waals surface area contributed by atoms with Gasteiger partial charge in [0.05, 0.1) is 18.8 Å². The van der Waals surface area contributed by atoms with Crippen molar-refractivity contribution in [2.45, 2.75) is 32.9 Å². The highest BCUT2D eigenvalue weighted by Crippen LogP contribution is 2.25. The Balaban J connectivity index is 2.17. The van der Waals surface area contributed by atoms with Crippen molar-refractivity contribution in [1.82, 2.24) is 20.4 Å². The summed E-state index contributed by atoms with van der Waals surface area (Å²) in [4.78, 5) is 24.5. The van der Waals surface area contributed by atoms with Gasteiger partial charge in [-0.1, -0.05) is 17.7 Å². The Morgan fingerprint density at radius 3 is 2.66 bits per heavy atom. The van der Waals surface area contributed by atoms with Gasteiger partial charge in [-0.2, -0.15) is 5.10 Å². The summed E-state index contributed by atoms with van der Waals surface area (Å²) < 4.78 is 14.8. The Bertz CT molecular complexity index is 887. The normalized spacial score (nSPS) is 12.0. The first kappa shape index (κ1) is 22.8. The highest BCUT2D eigenvalue weighted by molar-refractivity contribution is 6.31. The molecule has 0 aliphatic rings. The summed E-state index contributed by atoms with van der Waals surface area (Å²) >= 11 is 5.95. The van der Waals surface area contributed by atoms with E-state index >= 15 is 0 Å². The van der Waals surface area contributed by atoms with E-state index in [1.165, 1.54) is 12.1 Å². The molecule has 0 spiro atoms. The molecule has 10 heteroatoms. The van der Waals surface area contributed by atoms with Gasteiger partial charge in [-0.25, -0.2) is 4.39 Å². The van der Waals surface area contributed by atoms with Crippen LogP contribution in [0, 0.1) is 19.7 Å². The van der Waals surface area contributed by atoms with Gasteiger partial charge < -0.3 is 20.8 Å². The number of amides is 1. The molecule has 0 aliphatic carbocycles. The predicted octanol–water partition coefficient (Wildman–Crippen LogP) is 1.36. The summed E-state index contributed by atoms with van der Waals surface area (Å²) in [6.45, 7) is 4.79. The number of aliphatic hydroxyl groups excluding tert-OH is 1. The van der Waals surface area contributed by atoms with Gasteiger partial charge >= 0.3 is 5.97 Å². The number of nitrogens with one attached hydrogen (secondary N) is 2. The smallest absolute Gasteiger partial charge is 0.320 e. The van der Waals surface area contributed by atoms with E-state index in [-0.39, 0.29) is 18.2 Å². The molecule has 1 atom stereocenters. The second-order valence-electron chi connectivity index (χ2n) is 6.51. The molecule has 0 fully saturated rings. The molecule has 4 N–H and O–H groups in total. The number of aliphatic carboxylic acids is 1. The number of carbonyl (C=O) groups is 2. The molecular weight excluding hydrogens is 403 g/mol. The number of carbonyl (C=O) groups excluding carboxylic acids is 1. The Morgan fingerprint density at radius 2 is 2.03 bits per heavy atom. The average molecular weight is 427 g/mol. The highest BCUT2D eigenvalue weighted by atomic mass is 35.5. The van der Waals surface area contributed by atoms with E-state index in [4.69, 9.17) is 16.7 Å². The van der Waals surface area contributed by atoms with Gasteiger partial charge in [0.15, 0.2) is 5.92 Å². The van der Waals surface area contributed by atoms with Crippen LogP contribution in [0.2, 0.25) is 5.02 Å². The third kappa shape index (κ3) is 5.75. The number of hydrogen-bond donors (Lipinski definition) is 4. The van der Waals surface area contributed by atoms with Crippen molar-refractivity contribution < 1.29 is 24.2 Å². The average Bonchev–Trinajstić information content (AvgIpc) is 2.92. The van der Waals surface area contributed by atoms with E-state index in [0.717, 1.165) is 6.07 Å². The Kier molecular flexibility index (Phi) is 8.12. The Labute approximate surface area is 172 Å². The topological polar surface area (TPSA) is 116 Å². The van der Waals surface area contributed by atoms with Gasteiger partial charge in [0.1, 0.15) is 5.82 Å². The molecule has 1 amide bonds. The van der Waals surface area contributed by atoms with Crippen LogP contribution < -0.4 is 10.6 Å². The van der Waals surface area contributed by atoms with Crippen LogP contribution in [-0.2, 0) is 22.7 Å². The monoisotopic (exact) mass is 426 g/mol. The maximum Gasteiger partial charge on any atom is 0.320 e. The maximum absolute atomic E-state index is 13.1. The fraction of sp³-hybridized carbons (Fsp3) is 0.421. The van der Waals surface area contributed by atoms with E-state index in [1.807, 2.05) is 0 Å². The number of halogens is 2. The number of carboxylic acids is 1. The second kappa shape index (κ2) is 10.3. The lowest BCUT2D eigenvalue weighted by Crippen LogP contribution is -2.34. The molecular formula is C19H24ClFN4O4. The quantitative estimate of drug-likeness (QED) is 0.337. The standard InChI is InChI=1S/C19H24ClFN4O4/c1-11-16(12(2)25(24-11)7-5-22-6-8-26)17(19(28)29)18(27)23-10-13-3-4-14(21)9-15(13)20/h3-4,9,17,22,26H,5-8,10H2,1-2H3,(H,23,27)(H,28,29). The van der Waals surface area contributed by atoms with E-state index < -0.39 is 23.6 Å². The molecule has 1 aromatic carbocycles. The van der Waals surface area contributed by atoms with Crippen LogP contribution in [0.1, 0.15) is 28.4 Å². The minimum Gasteiger partial charge on any atom is -0.480 e. The van der Waals surface area contributed by atoms with Gasteiger partial charge in [0, 0.05) is 35.9 Å². The van der Waals surface area contributed by atoms with Crippen LogP contribution in [0.4, 0.5) is 4.39 Å². The van der Waals surface area contributed by atoms with Crippen molar-refractivity contribution in [3.05, 3.63) is 51.6 Å². The molecule has 1 heterocycles. The van der Waals surface area contributed by atoms with Crippen LogP contribution in [0.15, 0.2) is 18.2 Å². The largest absolute Gasteiger partial charge is 0.480 e. The van der Waals surface area contributed by atoms with Crippen molar-refractivity contribution in [3.8, 4) is 0 Å². The number of carboxylic acid groups (broad SMARTS) is 1. The molecule has 158 valence electrons. The van der Waals surface area contributed by atoms with Crippen LogP contribution >= 0.6 is 11.6 Å². The van der Waals surface area contributed by atoms with Crippen molar-refractivity contribution >= 4 is 23.5 Å². The summed E-state index contributed by atoms with van der Waals surface area (Å²) in [6.07, 6.45) is 0. The van der Waals surface area contributed by atoms with Crippen LogP contribution in [0.5, 0.6) is 0 Å². The summed E-state index contributed by atoms with van der Waals surface area (Å²) in [5, 5.41) is 28.5. The minimum absolute atomic E-state index is 0.0156. The summed E-state index contributed by atoms with van der Waals surface area (Å²) in [7, 11) is 0. The lowest BCUT2D eigenvalue weighted by atomic mass is 9.96. The number of aryl methyl sites for hydroxylation is 1. The van der Waals surface area contributed by atoms with Crippen LogP contribution in [-0.4, -0.2) is 51.6 Å². The summed E-state index contributed by atoms with van der Waals surface area (Å²) in [5.41, 5.74) is 1.84. The second-order valence-corrected chi connectivity index (χ2v) is 6.91. The van der Waals surface area contributed by atoms with Gasteiger partial charge in [-0.15, -0.1) is 0 Å². The fourth-order valence-electron chi connectivity index (χ4n) is 3.05. The van der Waals surface area contributed by atoms with Gasteiger partial charge in [-0.05, 0) is 31.5 Å². The van der Waals surface area contributed by atoms with Crippen molar-refractivity contribution in [1.29, 1.82) is 0 Å². The maximum atomic E-state index is 13.1. The van der Waals surface area contributed by atoms with Crippen LogP contribution in [0.3, 0.4) is 0 Å². The number of nitrogens with zero attached hydrogens (tertiary/aromatic N) is 2. The minimum atomic E-state index is -1.44.